The predicted octanol–water partition coefficient (Wildman–Crippen LogP) is 1.98. The van der Waals surface area contributed by atoms with Gasteiger partial charge >= 0.3 is 12.1 Å². The number of hydrogen-bond acceptors (Lipinski definition) is 6. The van der Waals surface area contributed by atoms with Gasteiger partial charge in [-0.2, -0.15) is 0 Å². The molecule has 1 amide bonds. The Morgan fingerprint density at radius 2 is 2.04 bits per heavy atom. The van der Waals surface area contributed by atoms with E-state index in [2.05, 4.69) is 5.32 Å². The van der Waals surface area contributed by atoms with Gasteiger partial charge in [-0.25, -0.2) is 9.59 Å². The third-order valence-corrected chi connectivity index (χ3v) is 5.18. The smallest absolute Gasteiger partial charge is 0.409 e. The van der Waals surface area contributed by atoms with E-state index in [1.807, 2.05) is 13.0 Å². The second kappa shape index (κ2) is 5.77. The Morgan fingerprint density at radius 1 is 1.28 bits per heavy atom. The topological polar surface area (TPSA) is 86.4 Å². The summed E-state index contributed by atoms with van der Waals surface area (Å²) in [6.07, 6.45) is 0.686. The van der Waals surface area contributed by atoms with Gasteiger partial charge in [-0.3, -0.25) is 0 Å². The molecule has 7 heteroatoms. The summed E-state index contributed by atoms with van der Waals surface area (Å²) in [6.45, 7) is 1.96. The number of epoxide rings is 1. The molecule has 1 N–H and O–H groups in total. The standard InChI is InChI=1S/C18H19NO6/c1-18-13(25-18)8-11-12(15(20)23-10-6-4-3-5-7-10)9-22-16(14(11)18)24-17(21)19-2/h3-7,9,11,13-14,16H,8H2,1-2H3,(H,19,21)/t11-,13?,14-,16+,18+/m1/s1. The van der Waals surface area contributed by atoms with Gasteiger partial charge < -0.3 is 24.3 Å². The van der Waals surface area contributed by atoms with Crippen LogP contribution in [0.2, 0.25) is 0 Å². The van der Waals surface area contributed by atoms with Crippen LogP contribution in [0.25, 0.3) is 0 Å². The molecular weight excluding hydrogens is 326 g/mol. The molecule has 5 atom stereocenters. The first kappa shape index (κ1) is 16.0. The van der Waals surface area contributed by atoms with E-state index < -0.39 is 24.0 Å². The van der Waals surface area contributed by atoms with Crippen molar-refractivity contribution in [2.45, 2.75) is 31.3 Å². The summed E-state index contributed by atoms with van der Waals surface area (Å²) in [5, 5.41) is 2.41. The molecule has 25 heavy (non-hydrogen) atoms. The Morgan fingerprint density at radius 3 is 2.76 bits per heavy atom. The largest absolute Gasteiger partial charge is 0.461 e. The van der Waals surface area contributed by atoms with Crippen LogP contribution in [0.15, 0.2) is 42.2 Å². The van der Waals surface area contributed by atoms with Gasteiger partial charge in [0.1, 0.15) is 11.4 Å². The quantitative estimate of drug-likeness (QED) is 0.512. The van der Waals surface area contributed by atoms with Gasteiger partial charge in [0.25, 0.3) is 6.29 Å². The minimum atomic E-state index is -0.796. The summed E-state index contributed by atoms with van der Waals surface area (Å²) >= 11 is 0. The Kier molecular flexibility index (Phi) is 3.68. The fraction of sp³-hybridized carbons (Fsp3) is 0.444. The number of para-hydroxylation sites is 1. The van der Waals surface area contributed by atoms with Crippen LogP contribution in [0.3, 0.4) is 0 Å². The molecule has 7 nitrogen and oxygen atoms in total. The lowest BCUT2D eigenvalue weighted by molar-refractivity contribution is -0.147. The van der Waals surface area contributed by atoms with Crippen LogP contribution in [0, 0.1) is 11.8 Å². The van der Waals surface area contributed by atoms with E-state index in [9.17, 15) is 9.59 Å². The molecule has 0 radical (unpaired) electrons. The van der Waals surface area contributed by atoms with Crippen LogP contribution >= 0.6 is 0 Å². The molecule has 1 aliphatic carbocycles. The van der Waals surface area contributed by atoms with Crippen LogP contribution in [-0.4, -0.2) is 37.1 Å². The number of nitrogens with one attached hydrogen (secondary N) is 1. The minimum absolute atomic E-state index is 0.0351. The van der Waals surface area contributed by atoms with Gasteiger partial charge in [0.15, 0.2) is 0 Å². The number of ether oxygens (including phenoxy) is 4. The lowest BCUT2D eigenvalue weighted by atomic mass is 9.82. The first-order valence-electron chi connectivity index (χ1n) is 8.22. The molecule has 0 spiro atoms. The third kappa shape index (κ3) is 2.64. The Labute approximate surface area is 144 Å². The number of alkyl carbamates (subject to hydrolysis) is 1. The number of hydrogen-bond donors (Lipinski definition) is 1. The number of fused-ring (bicyclic) bond motifs is 3. The molecule has 3 aliphatic rings. The molecule has 1 saturated heterocycles. The van der Waals surface area contributed by atoms with Gasteiger partial charge in [-0.05, 0) is 25.5 Å². The van der Waals surface area contributed by atoms with E-state index in [0.29, 0.717) is 17.7 Å². The molecule has 1 aromatic carbocycles. The molecule has 1 aromatic rings. The molecule has 1 unspecified atom stereocenters. The second-order valence-corrected chi connectivity index (χ2v) is 6.59. The summed E-state index contributed by atoms with van der Waals surface area (Å²) in [5.41, 5.74) is -0.00164. The molecule has 4 rings (SSSR count). The summed E-state index contributed by atoms with van der Waals surface area (Å²) in [5.74, 6) is -0.370. The van der Waals surface area contributed by atoms with E-state index >= 15 is 0 Å². The fourth-order valence-corrected chi connectivity index (χ4v) is 3.84. The van der Waals surface area contributed by atoms with Crippen molar-refractivity contribution in [3.8, 4) is 5.75 Å². The average Bonchev–Trinajstić information content (AvgIpc) is 3.16. The number of amides is 1. The van der Waals surface area contributed by atoms with Crippen molar-refractivity contribution < 1.29 is 28.5 Å². The van der Waals surface area contributed by atoms with E-state index in [4.69, 9.17) is 18.9 Å². The molecular formula is C18H19NO6. The van der Waals surface area contributed by atoms with Crippen LogP contribution in [-0.2, 0) is 19.0 Å². The zero-order valence-corrected chi connectivity index (χ0v) is 13.9. The number of esters is 1. The summed E-state index contributed by atoms with van der Waals surface area (Å²) < 4.78 is 22.1. The predicted molar refractivity (Wildman–Crippen MR) is 85.4 cm³/mol. The highest BCUT2D eigenvalue weighted by Gasteiger charge is 2.71. The molecule has 132 valence electrons. The van der Waals surface area contributed by atoms with Crippen molar-refractivity contribution >= 4 is 12.1 Å². The van der Waals surface area contributed by atoms with E-state index in [1.165, 1.54) is 13.3 Å². The highest BCUT2D eigenvalue weighted by Crippen LogP contribution is 2.61. The van der Waals surface area contributed by atoms with Crippen molar-refractivity contribution in [3.05, 3.63) is 42.2 Å². The Balaban J connectivity index is 1.56. The van der Waals surface area contributed by atoms with Gasteiger partial charge in [-0.15, -0.1) is 0 Å². The maximum Gasteiger partial charge on any atom is 0.409 e. The maximum absolute atomic E-state index is 12.6. The first-order valence-corrected chi connectivity index (χ1v) is 8.22. The van der Waals surface area contributed by atoms with Crippen molar-refractivity contribution in [1.29, 1.82) is 0 Å². The van der Waals surface area contributed by atoms with E-state index in [-0.39, 0.29) is 17.9 Å². The van der Waals surface area contributed by atoms with Crippen LogP contribution in [0.5, 0.6) is 5.75 Å². The maximum atomic E-state index is 12.6. The summed E-state index contributed by atoms with van der Waals surface area (Å²) in [6, 6.07) is 8.87. The highest BCUT2D eigenvalue weighted by atomic mass is 16.7. The van der Waals surface area contributed by atoms with Crippen LogP contribution in [0.1, 0.15) is 13.3 Å². The average molecular weight is 345 g/mol. The molecule has 2 fully saturated rings. The van der Waals surface area contributed by atoms with Gasteiger partial charge in [0.05, 0.1) is 23.9 Å². The number of benzene rings is 1. The number of carbonyl (C=O) groups excluding carboxylic acids is 2. The Hall–Kier alpha value is -2.54. The zero-order valence-electron chi connectivity index (χ0n) is 13.9. The van der Waals surface area contributed by atoms with E-state index in [0.717, 1.165) is 0 Å². The lowest BCUT2D eigenvalue weighted by Gasteiger charge is -2.35. The number of carbonyl (C=O) groups is 2. The Bertz CT molecular complexity index is 732. The van der Waals surface area contributed by atoms with Crippen molar-refractivity contribution in [2.24, 2.45) is 11.8 Å². The monoisotopic (exact) mass is 345 g/mol. The van der Waals surface area contributed by atoms with Gasteiger partial charge in [-0.1, -0.05) is 18.2 Å². The molecule has 2 heterocycles. The van der Waals surface area contributed by atoms with Gasteiger partial charge in [0, 0.05) is 13.0 Å². The van der Waals surface area contributed by atoms with Crippen molar-refractivity contribution in [3.63, 3.8) is 0 Å². The third-order valence-electron chi connectivity index (χ3n) is 5.18. The van der Waals surface area contributed by atoms with Crippen LogP contribution in [0.4, 0.5) is 4.79 Å². The second-order valence-electron chi connectivity index (χ2n) is 6.59. The minimum Gasteiger partial charge on any atom is -0.461 e. The van der Waals surface area contributed by atoms with Crippen LogP contribution < -0.4 is 10.1 Å². The molecule has 1 saturated carbocycles. The normalized spacial score (nSPS) is 34.7. The van der Waals surface area contributed by atoms with Crippen molar-refractivity contribution in [2.75, 3.05) is 7.05 Å². The van der Waals surface area contributed by atoms with E-state index in [1.54, 1.807) is 24.3 Å². The number of rotatable bonds is 3. The summed E-state index contributed by atoms with van der Waals surface area (Å²) in [4.78, 5) is 24.2. The SMILES string of the molecule is CNC(=O)O[C@@H]1OC=C(C(=O)Oc2ccccc2)[C@H]2CC3O[C@]3(C)[C@@H]12. The highest BCUT2D eigenvalue weighted by molar-refractivity contribution is 5.91. The van der Waals surface area contributed by atoms with Crippen molar-refractivity contribution in [1.82, 2.24) is 5.32 Å². The summed E-state index contributed by atoms with van der Waals surface area (Å²) in [7, 11) is 1.48. The molecule has 0 bridgehead atoms. The zero-order chi connectivity index (χ0) is 17.6. The fourth-order valence-electron chi connectivity index (χ4n) is 3.84. The van der Waals surface area contributed by atoms with Gasteiger partial charge in [0.2, 0.25) is 0 Å². The lowest BCUT2D eigenvalue weighted by Crippen LogP contribution is -2.44. The molecule has 0 aromatic heterocycles. The molecule has 2 aliphatic heterocycles. The first-order chi connectivity index (χ1) is 12.0.